The van der Waals surface area contributed by atoms with Crippen molar-refractivity contribution in [1.82, 2.24) is 9.97 Å². The molecule has 0 fully saturated rings. The average Bonchev–Trinajstić information content (AvgIpc) is 2.15. The SMILES string of the molecule is CC(C)(C)c1ncc(O)c(/C(N)=N\O)n1. The van der Waals surface area contributed by atoms with Gasteiger partial charge >= 0.3 is 0 Å². The zero-order chi connectivity index (χ0) is 11.6. The van der Waals surface area contributed by atoms with Crippen molar-refractivity contribution in [1.29, 1.82) is 0 Å². The van der Waals surface area contributed by atoms with E-state index in [0.717, 1.165) is 0 Å². The zero-order valence-electron chi connectivity index (χ0n) is 8.89. The summed E-state index contributed by atoms with van der Waals surface area (Å²) in [5, 5.41) is 20.7. The molecule has 0 saturated heterocycles. The number of hydrogen-bond acceptors (Lipinski definition) is 5. The lowest BCUT2D eigenvalue weighted by molar-refractivity contribution is 0.318. The summed E-state index contributed by atoms with van der Waals surface area (Å²) in [5.74, 6) is 0.0700. The molecule has 0 aliphatic heterocycles. The summed E-state index contributed by atoms with van der Waals surface area (Å²) in [5.41, 5.74) is 5.13. The van der Waals surface area contributed by atoms with E-state index in [-0.39, 0.29) is 22.7 Å². The van der Waals surface area contributed by atoms with Gasteiger partial charge in [0.2, 0.25) is 0 Å². The highest BCUT2D eigenvalue weighted by molar-refractivity contribution is 5.97. The second-order valence-corrected chi connectivity index (χ2v) is 4.16. The van der Waals surface area contributed by atoms with E-state index in [1.165, 1.54) is 6.20 Å². The minimum atomic E-state index is -0.266. The Hall–Kier alpha value is -1.85. The highest BCUT2D eigenvalue weighted by Crippen LogP contribution is 2.21. The summed E-state index contributed by atoms with van der Waals surface area (Å²) in [7, 11) is 0. The number of nitrogens with zero attached hydrogens (tertiary/aromatic N) is 3. The molecular formula is C9H14N4O2. The van der Waals surface area contributed by atoms with Crippen molar-refractivity contribution in [2.45, 2.75) is 26.2 Å². The Kier molecular flexibility index (Phi) is 2.78. The molecule has 0 aliphatic carbocycles. The fourth-order valence-corrected chi connectivity index (χ4v) is 0.973. The van der Waals surface area contributed by atoms with Crippen molar-refractivity contribution in [3.05, 3.63) is 17.7 Å². The molecule has 0 bridgehead atoms. The third-order valence-corrected chi connectivity index (χ3v) is 1.79. The van der Waals surface area contributed by atoms with Crippen molar-refractivity contribution in [2.24, 2.45) is 10.9 Å². The second-order valence-electron chi connectivity index (χ2n) is 4.16. The van der Waals surface area contributed by atoms with E-state index in [0.29, 0.717) is 5.82 Å². The molecule has 0 spiro atoms. The predicted molar refractivity (Wildman–Crippen MR) is 54.9 cm³/mol. The highest BCUT2D eigenvalue weighted by atomic mass is 16.4. The average molecular weight is 210 g/mol. The molecular weight excluding hydrogens is 196 g/mol. The lowest BCUT2D eigenvalue weighted by Gasteiger charge is -2.16. The number of aromatic nitrogens is 2. The molecule has 0 unspecified atom stereocenters. The normalized spacial score (nSPS) is 12.9. The Morgan fingerprint density at radius 1 is 1.47 bits per heavy atom. The number of amidine groups is 1. The van der Waals surface area contributed by atoms with Gasteiger partial charge in [-0.25, -0.2) is 9.97 Å². The highest BCUT2D eigenvalue weighted by Gasteiger charge is 2.20. The van der Waals surface area contributed by atoms with Gasteiger partial charge in [0.1, 0.15) is 5.82 Å². The van der Waals surface area contributed by atoms with Crippen molar-refractivity contribution in [3.8, 4) is 5.75 Å². The molecule has 6 heteroatoms. The van der Waals surface area contributed by atoms with Crippen molar-refractivity contribution in [3.63, 3.8) is 0 Å². The second kappa shape index (κ2) is 3.72. The van der Waals surface area contributed by atoms with Crippen LogP contribution in [-0.4, -0.2) is 26.1 Å². The molecule has 0 aromatic carbocycles. The minimum Gasteiger partial charge on any atom is -0.504 e. The summed E-state index contributed by atoms with van der Waals surface area (Å²) in [6.07, 6.45) is 1.24. The molecule has 1 heterocycles. The number of hydrogen-bond donors (Lipinski definition) is 3. The van der Waals surface area contributed by atoms with Crippen LogP contribution in [0.2, 0.25) is 0 Å². The van der Waals surface area contributed by atoms with E-state index < -0.39 is 0 Å². The first-order valence-corrected chi connectivity index (χ1v) is 4.40. The van der Waals surface area contributed by atoms with Gasteiger partial charge in [0.25, 0.3) is 0 Å². The van der Waals surface area contributed by atoms with E-state index in [1.54, 1.807) is 0 Å². The molecule has 4 N–H and O–H groups in total. The zero-order valence-corrected chi connectivity index (χ0v) is 8.89. The minimum absolute atomic E-state index is 0.0393. The van der Waals surface area contributed by atoms with E-state index in [2.05, 4.69) is 15.1 Å². The van der Waals surface area contributed by atoms with Gasteiger partial charge in [-0.3, -0.25) is 0 Å². The third-order valence-electron chi connectivity index (χ3n) is 1.79. The first-order chi connectivity index (χ1) is 6.86. The third kappa shape index (κ3) is 2.34. The van der Waals surface area contributed by atoms with Crippen LogP contribution in [0.1, 0.15) is 32.3 Å². The van der Waals surface area contributed by atoms with Crippen LogP contribution in [-0.2, 0) is 5.41 Å². The predicted octanol–water partition coefficient (Wildman–Crippen LogP) is 0.574. The van der Waals surface area contributed by atoms with Gasteiger partial charge in [0, 0.05) is 5.41 Å². The summed E-state index contributed by atoms with van der Waals surface area (Å²) in [4.78, 5) is 8.01. The topological polar surface area (TPSA) is 105 Å². The maximum absolute atomic E-state index is 9.41. The fourth-order valence-electron chi connectivity index (χ4n) is 0.973. The van der Waals surface area contributed by atoms with Gasteiger partial charge in [-0.2, -0.15) is 0 Å². The molecule has 0 saturated carbocycles. The Labute approximate surface area is 87.5 Å². The summed E-state index contributed by atoms with van der Waals surface area (Å²) < 4.78 is 0. The first kappa shape index (κ1) is 11.2. The van der Waals surface area contributed by atoms with Crippen LogP contribution < -0.4 is 5.73 Å². The summed E-state index contributed by atoms with van der Waals surface area (Å²) in [6.45, 7) is 5.78. The molecule has 1 aromatic rings. The molecule has 1 rings (SSSR count). The quantitative estimate of drug-likeness (QED) is 0.272. The van der Waals surface area contributed by atoms with Crippen LogP contribution in [0, 0.1) is 0 Å². The molecule has 6 nitrogen and oxygen atoms in total. The molecule has 0 aliphatic rings. The first-order valence-electron chi connectivity index (χ1n) is 4.40. The standard InChI is InChI=1S/C9H14N4O2/c1-9(2,3)8-11-4-5(14)6(12-8)7(10)13-15/h4,14-15H,1-3H3,(H2,10,13). The largest absolute Gasteiger partial charge is 0.504 e. The molecule has 0 amide bonds. The van der Waals surface area contributed by atoms with Gasteiger partial charge in [-0.05, 0) is 0 Å². The Morgan fingerprint density at radius 2 is 2.07 bits per heavy atom. The lowest BCUT2D eigenvalue weighted by atomic mass is 9.95. The monoisotopic (exact) mass is 210 g/mol. The number of nitrogens with two attached hydrogens (primary N) is 1. The van der Waals surface area contributed by atoms with Gasteiger partial charge in [0.15, 0.2) is 17.3 Å². The van der Waals surface area contributed by atoms with E-state index in [4.69, 9.17) is 10.9 Å². The molecule has 1 aromatic heterocycles. The van der Waals surface area contributed by atoms with Crippen LogP contribution in [0.4, 0.5) is 0 Å². The van der Waals surface area contributed by atoms with Gasteiger partial charge in [-0.15, -0.1) is 0 Å². The van der Waals surface area contributed by atoms with Crippen LogP contribution in [0.15, 0.2) is 11.4 Å². The van der Waals surface area contributed by atoms with Crippen molar-refractivity contribution >= 4 is 5.84 Å². The van der Waals surface area contributed by atoms with Crippen molar-refractivity contribution < 1.29 is 10.3 Å². The van der Waals surface area contributed by atoms with Crippen LogP contribution in [0.5, 0.6) is 5.75 Å². The van der Waals surface area contributed by atoms with E-state index in [1.807, 2.05) is 20.8 Å². The molecule has 0 atom stereocenters. The summed E-state index contributed by atoms with van der Waals surface area (Å²) >= 11 is 0. The van der Waals surface area contributed by atoms with Crippen molar-refractivity contribution in [2.75, 3.05) is 0 Å². The Balaban J connectivity index is 3.29. The molecule has 0 radical (unpaired) electrons. The fraction of sp³-hybridized carbons (Fsp3) is 0.444. The van der Waals surface area contributed by atoms with Gasteiger partial charge in [0.05, 0.1) is 6.20 Å². The smallest absolute Gasteiger partial charge is 0.192 e. The van der Waals surface area contributed by atoms with Crippen LogP contribution >= 0.6 is 0 Å². The van der Waals surface area contributed by atoms with Crippen LogP contribution in [0.3, 0.4) is 0 Å². The van der Waals surface area contributed by atoms with Crippen LogP contribution in [0.25, 0.3) is 0 Å². The van der Waals surface area contributed by atoms with E-state index in [9.17, 15) is 5.11 Å². The maximum atomic E-state index is 9.41. The molecule has 82 valence electrons. The molecule has 15 heavy (non-hydrogen) atoms. The van der Waals surface area contributed by atoms with Gasteiger partial charge in [-0.1, -0.05) is 25.9 Å². The van der Waals surface area contributed by atoms with E-state index >= 15 is 0 Å². The Morgan fingerprint density at radius 3 is 2.53 bits per heavy atom. The number of aromatic hydroxyl groups is 1. The Bertz CT molecular complexity index is 396. The number of rotatable bonds is 1. The number of oxime groups is 1. The van der Waals surface area contributed by atoms with Gasteiger partial charge < -0.3 is 16.0 Å². The maximum Gasteiger partial charge on any atom is 0.192 e. The lowest BCUT2D eigenvalue weighted by Crippen LogP contribution is -2.21. The summed E-state index contributed by atoms with van der Waals surface area (Å²) in [6, 6.07) is 0.